The van der Waals surface area contributed by atoms with Crippen molar-refractivity contribution in [3.63, 3.8) is 0 Å². The van der Waals surface area contributed by atoms with Gasteiger partial charge in [0.15, 0.2) is 0 Å². The molecule has 2 aromatic carbocycles. The van der Waals surface area contributed by atoms with Crippen LogP contribution in [0.5, 0.6) is 0 Å². The van der Waals surface area contributed by atoms with Crippen molar-refractivity contribution in [3.8, 4) is 0 Å². The molecule has 0 N–H and O–H groups in total. The first-order valence-electron chi connectivity index (χ1n) is 8.18. The minimum absolute atomic E-state index is 0.414. The zero-order chi connectivity index (χ0) is 17.1. The Kier molecular flexibility index (Phi) is 4.92. The van der Waals surface area contributed by atoms with Gasteiger partial charge in [0, 0.05) is 19.1 Å². The summed E-state index contributed by atoms with van der Waals surface area (Å²) in [4.78, 5) is 4.53. The molecule has 0 aliphatic heterocycles. The Balaban J connectivity index is 1.68. The van der Waals surface area contributed by atoms with Crippen molar-refractivity contribution < 1.29 is 4.63 Å². The van der Waals surface area contributed by atoms with E-state index >= 15 is 0 Å². The third kappa shape index (κ3) is 3.80. The maximum absolute atomic E-state index is 4.76. The van der Waals surface area contributed by atoms with Gasteiger partial charge in [0.2, 0.25) is 0 Å². The lowest BCUT2D eigenvalue weighted by Gasteiger charge is -2.22. The van der Waals surface area contributed by atoms with Crippen LogP contribution >= 0.6 is 0 Å². The number of aromatic nitrogens is 2. The van der Waals surface area contributed by atoms with E-state index in [0.717, 1.165) is 24.1 Å². The lowest BCUT2D eigenvalue weighted by atomic mass is 10.0. The Morgan fingerprint density at radius 1 is 0.917 bits per heavy atom. The topological polar surface area (TPSA) is 45.4 Å². The first-order valence-corrected chi connectivity index (χ1v) is 8.18. The molecule has 0 bridgehead atoms. The predicted octanol–water partition coefficient (Wildman–Crippen LogP) is 3.48. The highest BCUT2D eigenvalue weighted by molar-refractivity contribution is 5.73. The lowest BCUT2D eigenvalue weighted by Crippen LogP contribution is -2.19. The normalized spacial score (nSPS) is 13.1. The van der Waals surface area contributed by atoms with E-state index in [0.29, 0.717) is 6.04 Å². The van der Waals surface area contributed by atoms with Gasteiger partial charge in [0.25, 0.3) is 0 Å². The standard InChI is InChI=1S/C19H24N4O/c1-14(22(2)3)17-7-5-6-15(10-17)12-23(4)13-16-8-9-18-19(11-16)21-24-20-18/h5-11,14H,12-13H2,1-4H3. The van der Waals surface area contributed by atoms with E-state index in [4.69, 9.17) is 4.63 Å². The van der Waals surface area contributed by atoms with Gasteiger partial charge < -0.3 is 4.90 Å². The minimum atomic E-state index is 0.414. The molecule has 0 aliphatic carbocycles. The number of rotatable bonds is 6. The molecule has 24 heavy (non-hydrogen) atoms. The van der Waals surface area contributed by atoms with Crippen molar-refractivity contribution in [1.82, 2.24) is 20.1 Å². The number of fused-ring (bicyclic) bond motifs is 1. The van der Waals surface area contributed by atoms with Gasteiger partial charge in [-0.25, -0.2) is 4.63 Å². The molecule has 1 atom stereocenters. The Labute approximate surface area is 142 Å². The molecule has 5 heteroatoms. The van der Waals surface area contributed by atoms with Gasteiger partial charge in [0.05, 0.1) is 0 Å². The van der Waals surface area contributed by atoms with E-state index in [-0.39, 0.29) is 0 Å². The molecule has 5 nitrogen and oxygen atoms in total. The van der Waals surface area contributed by atoms with Crippen LogP contribution < -0.4 is 0 Å². The molecule has 0 amide bonds. The molecule has 1 unspecified atom stereocenters. The molecule has 1 heterocycles. The van der Waals surface area contributed by atoms with Crippen LogP contribution in [0.1, 0.15) is 29.7 Å². The van der Waals surface area contributed by atoms with E-state index in [1.807, 2.05) is 12.1 Å². The highest BCUT2D eigenvalue weighted by Crippen LogP contribution is 2.20. The third-order valence-electron chi connectivity index (χ3n) is 4.43. The molecule has 0 aliphatic rings. The molecule has 0 fully saturated rings. The summed E-state index contributed by atoms with van der Waals surface area (Å²) in [6.45, 7) is 3.99. The zero-order valence-electron chi connectivity index (χ0n) is 14.7. The van der Waals surface area contributed by atoms with Crippen molar-refractivity contribution in [1.29, 1.82) is 0 Å². The smallest absolute Gasteiger partial charge is 0.135 e. The van der Waals surface area contributed by atoms with Crippen LogP contribution in [-0.2, 0) is 13.1 Å². The lowest BCUT2D eigenvalue weighted by molar-refractivity contribution is 0.313. The molecular weight excluding hydrogens is 300 g/mol. The van der Waals surface area contributed by atoms with Crippen LogP contribution in [0, 0.1) is 0 Å². The monoisotopic (exact) mass is 324 g/mol. The molecule has 1 aromatic heterocycles. The average molecular weight is 324 g/mol. The molecule has 0 saturated carbocycles. The summed E-state index contributed by atoms with van der Waals surface area (Å²) in [5.41, 5.74) is 5.49. The van der Waals surface area contributed by atoms with Gasteiger partial charge in [-0.05, 0) is 67.2 Å². The van der Waals surface area contributed by atoms with Gasteiger partial charge in [-0.3, -0.25) is 4.90 Å². The zero-order valence-corrected chi connectivity index (χ0v) is 14.7. The van der Waals surface area contributed by atoms with Gasteiger partial charge >= 0.3 is 0 Å². The van der Waals surface area contributed by atoms with Crippen LogP contribution in [0.15, 0.2) is 47.1 Å². The second kappa shape index (κ2) is 7.11. The van der Waals surface area contributed by atoms with Crippen LogP contribution in [0.2, 0.25) is 0 Å². The fourth-order valence-electron chi connectivity index (χ4n) is 2.85. The number of hydrogen-bond donors (Lipinski definition) is 0. The van der Waals surface area contributed by atoms with Crippen molar-refractivity contribution in [3.05, 3.63) is 59.2 Å². The summed E-state index contributed by atoms with van der Waals surface area (Å²) in [5, 5.41) is 7.75. The second-order valence-corrected chi connectivity index (χ2v) is 6.64. The third-order valence-corrected chi connectivity index (χ3v) is 4.43. The summed E-state index contributed by atoms with van der Waals surface area (Å²) >= 11 is 0. The SMILES string of the molecule is CC(c1cccc(CN(C)Cc2ccc3nonc3c2)c1)N(C)C. The maximum atomic E-state index is 4.76. The largest absolute Gasteiger partial charge is 0.303 e. The van der Waals surface area contributed by atoms with Crippen molar-refractivity contribution in [2.24, 2.45) is 0 Å². The number of benzene rings is 2. The van der Waals surface area contributed by atoms with Crippen LogP contribution in [0.4, 0.5) is 0 Å². The second-order valence-electron chi connectivity index (χ2n) is 6.64. The minimum Gasteiger partial charge on any atom is -0.303 e. The highest BCUT2D eigenvalue weighted by Gasteiger charge is 2.09. The molecule has 126 valence electrons. The molecule has 0 spiro atoms. The van der Waals surface area contributed by atoms with Crippen LogP contribution in [0.25, 0.3) is 11.0 Å². The summed E-state index contributed by atoms with van der Waals surface area (Å²) in [6.07, 6.45) is 0. The summed E-state index contributed by atoms with van der Waals surface area (Å²) in [5.74, 6) is 0. The fourth-order valence-corrected chi connectivity index (χ4v) is 2.85. The summed E-state index contributed by atoms with van der Waals surface area (Å²) < 4.78 is 4.76. The summed E-state index contributed by atoms with van der Waals surface area (Å²) in [7, 11) is 6.35. The Morgan fingerprint density at radius 2 is 1.62 bits per heavy atom. The molecular formula is C19H24N4O. The Bertz CT molecular complexity index is 812. The number of nitrogens with zero attached hydrogens (tertiary/aromatic N) is 4. The van der Waals surface area contributed by atoms with E-state index in [9.17, 15) is 0 Å². The van der Waals surface area contributed by atoms with E-state index in [1.165, 1.54) is 16.7 Å². The first kappa shape index (κ1) is 16.6. The quantitative estimate of drug-likeness (QED) is 0.694. The van der Waals surface area contributed by atoms with Crippen molar-refractivity contribution in [2.45, 2.75) is 26.1 Å². The van der Waals surface area contributed by atoms with Crippen molar-refractivity contribution in [2.75, 3.05) is 21.1 Å². The van der Waals surface area contributed by atoms with Crippen LogP contribution in [-0.4, -0.2) is 41.3 Å². The first-order chi connectivity index (χ1) is 11.5. The van der Waals surface area contributed by atoms with Crippen LogP contribution in [0.3, 0.4) is 0 Å². The predicted molar refractivity (Wildman–Crippen MR) is 95.5 cm³/mol. The molecule has 3 aromatic rings. The van der Waals surface area contributed by atoms with Gasteiger partial charge in [0.1, 0.15) is 11.0 Å². The van der Waals surface area contributed by atoms with Gasteiger partial charge in [-0.15, -0.1) is 0 Å². The van der Waals surface area contributed by atoms with E-state index in [2.05, 4.69) is 78.5 Å². The van der Waals surface area contributed by atoms with Gasteiger partial charge in [-0.1, -0.05) is 30.3 Å². The Morgan fingerprint density at radius 3 is 2.38 bits per heavy atom. The maximum Gasteiger partial charge on any atom is 0.135 e. The molecule has 0 radical (unpaired) electrons. The van der Waals surface area contributed by atoms with E-state index < -0.39 is 0 Å². The number of hydrogen-bond acceptors (Lipinski definition) is 5. The molecule has 3 rings (SSSR count). The Hall–Kier alpha value is -2.24. The van der Waals surface area contributed by atoms with E-state index in [1.54, 1.807) is 0 Å². The highest BCUT2D eigenvalue weighted by atomic mass is 16.6. The summed E-state index contributed by atoms with van der Waals surface area (Å²) in [6, 6.07) is 15.3. The molecule has 0 saturated heterocycles. The fraction of sp³-hybridized carbons (Fsp3) is 0.368. The van der Waals surface area contributed by atoms with Crippen molar-refractivity contribution >= 4 is 11.0 Å². The average Bonchev–Trinajstić information content (AvgIpc) is 3.01. The van der Waals surface area contributed by atoms with Gasteiger partial charge in [-0.2, -0.15) is 0 Å².